The zero-order valence-electron chi connectivity index (χ0n) is 14.8. The molecule has 1 aromatic carbocycles. The number of amides is 1. The minimum absolute atomic E-state index is 0.0777. The number of benzene rings is 1. The van der Waals surface area contributed by atoms with E-state index in [9.17, 15) is 9.59 Å². The van der Waals surface area contributed by atoms with Gasteiger partial charge in [0.05, 0.1) is 17.9 Å². The molecule has 25 heavy (non-hydrogen) atoms. The lowest BCUT2D eigenvalue weighted by Crippen LogP contribution is -2.15. The molecule has 0 unspecified atom stereocenters. The highest BCUT2D eigenvalue weighted by Gasteiger charge is 2.16. The molecule has 0 fully saturated rings. The normalized spacial score (nSPS) is 10.8. The maximum absolute atomic E-state index is 12.3. The molecule has 0 bridgehead atoms. The Morgan fingerprint density at radius 2 is 2.12 bits per heavy atom. The van der Waals surface area contributed by atoms with E-state index < -0.39 is 0 Å². The molecule has 2 aromatic rings. The minimum Gasteiger partial charge on any atom is -0.493 e. The van der Waals surface area contributed by atoms with Crippen molar-refractivity contribution in [2.24, 2.45) is 0 Å². The third-order valence-corrected chi connectivity index (χ3v) is 4.22. The zero-order chi connectivity index (χ0) is 18.6. The van der Waals surface area contributed by atoms with E-state index in [0.717, 1.165) is 6.42 Å². The molecule has 6 nitrogen and oxygen atoms in total. The summed E-state index contributed by atoms with van der Waals surface area (Å²) in [6, 6.07) is 5.28. The van der Waals surface area contributed by atoms with E-state index >= 15 is 0 Å². The van der Waals surface area contributed by atoms with Gasteiger partial charge in [0.25, 0.3) is 5.56 Å². The quantitative estimate of drug-likeness (QED) is 0.755. The first-order valence-electron chi connectivity index (χ1n) is 8.18. The van der Waals surface area contributed by atoms with Crippen LogP contribution in [0.2, 0.25) is 0 Å². The van der Waals surface area contributed by atoms with Crippen LogP contribution in [0.3, 0.4) is 0 Å². The van der Waals surface area contributed by atoms with Crippen LogP contribution >= 0.6 is 15.9 Å². The Balaban J connectivity index is 2.61. The lowest BCUT2D eigenvalue weighted by molar-refractivity contribution is -0.114. The number of hydrogen-bond donors (Lipinski definition) is 2. The van der Waals surface area contributed by atoms with Crippen molar-refractivity contribution in [1.82, 2.24) is 9.97 Å². The molecule has 0 radical (unpaired) electrons. The SMILES string of the molecule is CCCOc1ccc(NC(C)=O)cc1-c1nc(C(C)C)c(Br)c(=O)[nH]1. The third-order valence-electron chi connectivity index (χ3n) is 3.45. The number of carbonyl (C=O) groups excluding carboxylic acids is 1. The van der Waals surface area contributed by atoms with E-state index in [1.807, 2.05) is 20.8 Å². The Morgan fingerprint density at radius 1 is 1.40 bits per heavy atom. The third kappa shape index (κ3) is 4.69. The number of anilines is 1. The molecule has 0 saturated heterocycles. The smallest absolute Gasteiger partial charge is 0.265 e. The molecular weight excluding hydrogens is 386 g/mol. The summed E-state index contributed by atoms with van der Waals surface area (Å²) in [5.41, 5.74) is 1.67. The number of nitrogens with zero attached hydrogens (tertiary/aromatic N) is 1. The van der Waals surface area contributed by atoms with Crippen LogP contribution in [0.5, 0.6) is 5.75 Å². The van der Waals surface area contributed by atoms with Gasteiger partial charge in [0.1, 0.15) is 16.0 Å². The van der Waals surface area contributed by atoms with Crippen molar-refractivity contribution in [1.29, 1.82) is 0 Å². The lowest BCUT2D eigenvalue weighted by Gasteiger charge is -2.14. The highest BCUT2D eigenvalue weighted by molar-refractivity contribution is 9.10. The number of rotatable bonds is 6. The standard InChI is InChI=1S/C18H22BrN3O3/c1-5-8-25-14-7-6-12(20-11(4)23)9-13(14)17-21-16(10(2)3)15(19)18(24)22-17/h6-7,9-10H,5,8H2,1-4H3,(H,20,23)(H,21,22,24). The topological polar surface area (TPSA) is 84.1 Å². The fourth-order valence-electron chi connectivity index (χ4n) is 2.32. The highest BCUT2D eigenvalue weighted by atomic mass is 79.9. The van der Waals surface area contributed by atoms with E-state index in [2.05, 4.69) is 31.2 Å². The number of H-pyrrole nitrogens is 1. The van der Waals surface area contributed by atoms with Gasteiger partial charge >= 0.3 is 0 Å². The van der Waals surface area contributed by atoms with Crippen molar-refractivity contribution in [3.8, 4) is 17.1 Å². The van der Waals surface area contributed by atoms with Crippen molar-refractivity contribution in [3.63, 3.8) is 0 Å². The van der Waals surface area contributed by atoms with Crippen LogP contribution in [-0.4, -0.2) is 22.5 Å². The molecule has 134 valence electrons. The summed E-state index contributed by atoms with van der Waals surface area (Å²) < 4.78 is 6.22. The number of nitrogens with one attached hydrogen (secondary N) is 2. The van der Waals surface area contributed by atoms with Gasteiger partial charge in [-0.2, -0.15) is 0 Å². The van der Waals surface area contributed by atoms with Crippen LogP contribution in [0.25, 0.3) is 11.4 Å². The molecule has 1 aromatic heterocycles. The van der Waals surface area contributed by atoms with Gasteiger partial charge in [-0.1, -0.05) is 20.8 Å². The van der Waals surface area contributed by atoms with Gasteiger partial charge in [0, 0.05) is 12.6 Å². The van der Waals surface area contributed by atoms with E-state index in [1.165, 1.54) is 6.92 Å². The van der Waals surface area contributed by atoms with E-state index in [1.54, 1.807) is 18.2 Å². The first-order chi connectivity index (χ1) is 11.8. The summed E-state index contributed by atoms with van der Waals surface area (Å²) in [4.78, 5) is 31.0. The highest BCUT2D eigenvalue weighted by Crippen LogP contribution is 2.32. The second-order valence-corrected chi connectivity index (χ2v) is 6.80. The largest absolute Gasteiger partial charge is 0.493 e. The van der Waals surface area contributed by atoms with Gasteiger partial charge in [0.2, 0.25) is 5.91 Å². The summed E-state index contributed by atoms with van der Waals surface area (Å²) in [6.45, 7) is 7.95. The van der Waals surface area contributed by atoms with Crippen molar-refractivity contribution < 1.29 is 9.53 Å². The molecule has 2 rings (SSSR count). The van der Waals surface area contributed by atoms with Crippen LogP contribution < -0.4 is 15.6 Å². The number of carbonyl (C=O) groups is 1. The van der Waals surface area contributed by atoms with E-state index in [4.69, 9.17) is 4.74 Å². The van der Waals surface area contributed by atoms with Crippen LogP contribution in [0.1, 0.15) is 45.7 Å². The first-order valence-corrected chi connectivity index (χ1v) is 8.97. The number of aromatic amines is 1. The van der Waals surface area contributed by atoms with Crippen molar-refractivity contribution in [2.45, 2.75) is 40.0 Å². The van der Waals surface area contributed by atoms with Crippen molar-refractivity contribution in [3.05, 3.63) is 38.7 Å². The summed E-state index contributed by atoms with van der Waals surface area (Å²) in [5.74, 6) is 0.925. The fraction of sp³-hybridized carbons (Fsp3) is 0.389. The Hall–Kier alpha value is -2.15. The number of halogens is 1. The summed E-state index contributed by atoms with van der Waals surface area (Å²) in [5, 5.41) is 2.74. The van der Waals surface area contributed by atoms with Gasteiger partial charge in [-0.3, -0.25) is 9.59 Å². The Labute approximate surface area is 155 Å². The Morgan fingerprint density at radius 3 is 2.72 bits per heavy atom. The van der Waals surface area contributed by atoms with Gasteiger partial charge in [-0.05, 0) is 46.5 Å². The first kappa shape index (κ1) is 19.2. The van der Waals surface area contributed by atoms with Crippen LogP contribution in [0, 0.1) is 0 Å². The summed E-state index contributed by atoms with van der Waals surface area (Å²) >= 11 is 3.30. The predicted molar refractivity (Wildman–Crippen MR) is 102 cm³/mol. The second kappa shape index (κ2) is 8.29. The Bertz CT molecular complexity index is 831. The molecule has 7 heteroatoms. The van der Waals surface area contributed by atoms with Crippen molar-refractivity contribution in [2.75, 3.05) is 11.9 Å². The lowest BCUT2D eigenvalue weighted by atomic mass is 10.1. The predicted octanol–water partition coefficient (Wildman–Crippen LogP) is 4.07. The molecule has 0 spiro atoms. The van der Waals surface area contributed by atoms with Gasteiger partial charge in [0.15, 0.2) is 0 Å². The zero-order valence-corrected chi connectivity index (χ0v) is 16.4. The maximum atomic E-state index is 12.3. The number of aromatic nitrogens is 2. The molecule has 0 atom stereocenters. The number of ether oxygens (including phenoxy) is 1. The molecule has 1 heterocycles. The fourth-order valence-corrected chi connectivity index (χ4v) is 2.97. The van der Waals surface area contributed by atoms with Gasteiger partial charge in [-0.25, -0.2) is 4.98 Å². The molecule has 0 aliphatic heterocycles. The average Bonchev–Trinajstić information content (AvgIpc) is 2.55. The molecule has 1 amide bonds. The van der Waals surface area contributed by atoms with Crippen LogP contribution in [0.4, 0.5) is 5.69 Å². The van der Waals surface area contributed by atoms with Gasteiger partial charge < -0.3 is 15.0 Å². The molecular formula is C18H22BrN3O3. The van der Waals surface area contributed by atoms with E-state index in [0.29, 0.717) is 39.6 Å². The second-order valence-electron chi connectivity index (χ2n) is 6.01. The number of hydrogen-bond acceptors (Lipinski definition) is 4. The molecule has 0 saturated carbocycles. The average molecular weight is 408 g/mol. The molecule has 2 N–H and O–H groups in total. The van der Waals surface area contributed by atoms with Crippen LogP contribution in [-0.2, 0) is 4.79 Å². The van der Waals surface area contributed by atoms with Gasteiger partial charge in [-0.15, -0.1) is 0 Å². The van der Waals surface area contributed by atoms with Crippen molar-refractivity contribution >= 4 is 27.5 Å². The van der Waals surface area contributed by atoms with Crippen LogP contribution in [0.15, 0.2) is 27.5 Å². The van der Waals surface area contributed by atoms with E-state index in [-0.39, 0.29) is 17.4 Å². The minimum atomic E-state index is -0.250. The summed E-state index contributed by atoms with van der Waals surface area (Å²) in [6.07, 6.45) is 0.856. The Kier molecular flexibility index (Phi) is 6.36. The summed E-state index contributed by atoms with van der Waals surface area (Å²) in [7, 11) is 0. The maximum Gasteiger partial charge on any atom is 0.265 e. The monoisotopic (exact) mass is 407 g/mol. The molecule has 0 aliphatic carbocycles. The molecule has 0 aliphatic rings.